The highest BCUT2D eigenvalue weighted by Crippen LogP contribution is 2.24. The van der Waals surface area contributed by atoms with Crippen LogP contribution in [0.3, 0.4) is 0 Å². The van der Waals surface area contributed by atoms with E-state index < -0.39 is 0 Å². The van der Waals surface area contributed by atoms with Gasteiger partial charge in [-0.05, 0) is 12.3 Å². The molecule has 0 radical (unpaired) electrons. The van der Waals surface area contributed by atoms with Crippen LogP contribution in [0, 0.1) is 5.92 Å². The number of rotatable bonds is 30. The zero-order valence-electron chi connectivity index (χ0n) is 24.2. The Hall–Kier alpha value is 0.290. The second kappa shape index (κ2) is 31.3. The molecule has 0 aliphatic carbocycles. The Balaban J connectivity index is 3.58. The highest BCUT2D eigenvalue weighted by atomic mass is 35.5. The molecule has 0 nitrogen and oxygen atoms in total. The van der Waals surface area contributed by atoms with Crippen molar-refractivity contribution in [2.75, 3.05) is 5.88 Å². The van der Waals surface area contributed by atoms with Crippen LogP contribution in [-0.4, -0.2) is 5.88 Å². The second-order valence-electron chi connectivity index (χ2n) is 11.4. The average Bonchev–Trinajstić information content (AvgIpc) is 2.85. The average molecular weight is 499 g/mol. The largest absolute Gasteiger partial charge is 0.127 e. The maximum absolute atomic E-state index is 5.94. The standard InChI is InChI=1S/C33H67Cl/c1-3-5-7-9-11-13-15-17-19-21-23-25-29-33(31-27-28-32-34)30-26-24-22-20-18-16-14-12-10-8-6-4-2/h33H,3-32H2,1-2H3. The van der Waals surface area contributed by atoms with Crippen LogP contribution in [0.25, 0.3) is 0 Å². The molecule has 206 valence electrons. The molecule has 0 unspecified atom stereocenters. The first-order valence-electron chi connectivity index (χ1n) is 16.4. The summed E-state index contributed by atoms with van der Waals surface area (Å²) in [6.07, 6.45) is 42.1. The Labute approximate surface area is 223 Å². The van der Waals surface area contributed by atoms with Crippen LogP contribution in [0.4, 0.5) is 0 Å². The molecule has 0 bridgehead atoms. The fraction of sp³-hybridized carbons (Fsp3) is 1.00. The summed E-state index contributed by atoms with van der Waals surface area (Å²) < 4.78 is 0. The van der Waals surface area contributed by atoms with Crippen molar-refractivity contribution in [1.29, 1.82) is 0 Å². The number of halogens is 1. The molecule has 0 aliphatic heterocycles. The molecular formula is C33H67Cl. The van der Waals surface area contributed by atoms with Crippen LogP contribution >= 0.6 is 11.6 Å². The van der Waals surface area contributed by atoms with Gasteiger partial charge in [-0.15, -0.1) is 11.6 Å². The quantitative estimate of drug-likeness (QED) is 0.0681. The van der Waals surface area contributed by atoms with Crippen LogP contribution in [0.2, 0.25) is 0 Å². The maximum Gasteiger partial charge on any atom is 0.0223 e. The molecule has 0 aromatic rings. The third-order valence-electron chi connectivity index (χ3n) is 7.93. The maximum atomic E-state index is 5.94. The van der Waals surface area contributed by atoms with Gasteiger partial charge in [-0.3, -0.25) is 0 Å². The van der Waals surface area contributed by atoms with Gasteiger partial charge in [0, 0.05) is 5.88 Å². The van der Waals surface area contributed by atoms with Gasteiger partial charge in [0.1, 0.15) is 0 Å². The Morgan fingerprint density at radius 1 is 0.324 bits per heavy atom. The van der Waals surface area contributed by atoms with Crippen molar-refractivity contribution in [2.45, 2.75) is 200 Å². The van der Waals surface area contributed by atoms with Crippen molar-refractivity contribution >= 4 is 11.6 Å². The lowest BCUT2D eigenvalue weighted by molar-refractivity contribution is 0.370. The van der Waals surface area contributed by atoms with E-state index in [1.165, 1.54) is 186 Å². The summed E-state index contributed by atoms with van der Waals surface area (Å²) in [6.45, 7) is 4.61. The van der Waals surface area contributed by atoms with E-state index in [1.807, 2.05) is 0 Å². The molecule has 0 rings (SSSR count). The second-order valence-corrected chi connectivity index (χ2v) is 11.8. The number of hydrogen-bond donors (Lipinski definition) is 0. The topological polar surface area (TPSA) is 0 Å². The van der Waals surface area contributed by atoms with E-state index in [2.05, 4.69) is 13.8 Å². The van der Waals surface area contributed by atoms with E-state index in [4.69, 9.17) is 11.6 Å². The zero-order chi connectivity index (χ0) is 24.8. The van der Waals surface area contributed by atoms with Gasteiger partial charge in [0.05, 0.1) is 0 Å². The minimum absolute atomic E-state index is 0.851. The number of hydrogen-bond acceptors (Lipinski definition) is 0. The van der Waals surface area contributed by atoms with Crippen molar-refractivity contribution in [3.8, 4) is 0 Å². The lowest BCUT2D eigenvalue weighted by Crippen LogP contribution is -2.02. The Morgan fingerprint density at radius 3 is 0.824 bits per heavy atom. The fourth-order valence-corrected chi connectivity index (χ4v) is 5.70. The molecule has 0 saturated carbocycles. The molecule has 34 heavy (non-hydrogen) atoms. The highest BCUT2D eigenvalue weighted by Gasteiger charge is 2.08. The summed E-state index contributed by atoms with van der Waals surface area (Å²) >= 11 is 5.94. The van der Waals surface area contributed by atoms with Crippen LogP contribution in [0.15, 0.2) is 0 Å². The van der Waals surface area contributed by atoms with E-state index in [0.717, 1.165) is 11.8 Å². The molecule has 0 spiro atoms. The van der Waals surface area contributed by atoms with Gasteiger partial charge in [0.15, 0.2) is 0 Å². The molecule has 0 aromatic heterocycles. The fourth-order valence-electron chi connectivity index (χ4n) is 5.51. The van der Waals surface area contributed by atoms with E-state index in [0.29, 0.717) is 0 Å². The van der Waals surface area contributed by atoms with Crippen molar-refractivity contribution < 1.29 is 0 Å². The third kappa shape index (κ3) is 28.5. The van der Waals surface area contributed by atoms with E-state index >= 15 is 0 Å². The van der Waals surface area contributed by atoms with Crippen molar-refractivity contribution in [1.82, 2.24) is 0 Å². The molecular weight excluding hydrogens is 432 g/mol. The molecule has 0 atom stereocenters. The molecule has 0 saturated heterocycles. The van der Waals surface area contributed by atoms with Gasteiger partial charge in [-0.1, -0.05) is 194 Å². The van der Waals surface area contributed by atoms with Crippen LogP contribution in [0.1, 0.15) is 200 Å². The first-order valence-corrected chi connectivity index (χ1v) is 16.9. The van der Waals surface area contributed by atoms with Gasteiger partial charge < -0.3 is 0 Å². The van der Waals surface area contributed by atoms with Crippen molar-refractivity contribution in [3.05, 3.63) is 0 Å². The Kier molecular flexibility index (Phi) is 31.6. The lowest BCUT2D eigenvalue weighted by atomic mass is 9.90. The normalized spacial score (nSPS) is 11.6. The minimum atomic E-state index is 0.851. The van der Waals surface area contributed by atoms with E-state index in [9.17, 15) is 0 Å². The van der Waals surface area contributed by atoms with Gasteiger partial charge in [-0.25, -0.2) is 0 Å². The first-order chi connectivity index (χ1) is 16.8. The van der Waals surface area contributed by atoms with Crippen LogP contribution < -0.4 is 0 Å². The lowest BCUT2D eigenvalue weighted by Gasteiger charge is -2.17. The molecule has 0 aliphatic rings. The molecule has 0 N–H and O–H groups in total. The van der Waals surface area contributed by atoms with Crippen LogP contribution in [0.5, 0.6) is 0 Å². The van der Waals surface area contributed by atoms with Gasteiger partial charge >= 0.3 is 0 Å². The minimum Gasteiger partial charge on any atom is -0.127 e. The summed E-state index contributed by atoms with van der Waals surface area (Å²) in [5, 5.41) is 0. The summed E-state index contributed by atoms with van der Waals surface area (Å²) in [5.41, 5.74) is 0. The smallest absolute Gasteiger partial charge is 0.0223 e. The van der Waals surface area contributed by atoms with E-state index in [-0.39, 0.29) is 0 Å². The zero-order valence-corrected chi connectivity index (χ0v) is 24.9. The van der Waals surface area contributed by atoms with Crippen molar-refractivity contribution in [2.24, 2.45) is 5.92 Å². The molecule has 1 heteroatoms. The molecule has 0 fully saturated rings. The molecule has 0 amide bonds. The first kappa shape index (κ1) is 34.3. The van der Waals surface area contributed by atoms with Gasteiger partial charge in [-0.2, -0.15) is 0 Å². The summed E-state index contributed by atoms with van der Waals surface area (Å²) in [4.78, 5) is 0. The number of unbranched alkanes of at least 4 members (excludes halogenated alkanes) is 23. The molecule has 0 heterocycles. The van der Waals surface area contributed by atoms with E-state index in [1.54, 1.807) is 0 Å². The Morgan fingerprint density at radius 2 is 0.559 bits per heavy atom. The summed E-state index contributed by atoms with van der Waals surface area (Å²) in [7, 11) is 0. The summed E-state index contributed by atoms with van der Waals surface area (Å²) in [6, 6.07) is 0. The molecule has 0 aromatic carbocycles. The number of alkyl halides is 1. The van der Waals surface area contributed by atoms with Crippen LogP contribution in [-0.2, 0) is 0 Å². The predicted molar refractivity (Wildman–Crippen MR) is 159 cm³/mol. The van der Waals surface area contributed by atoms with Gasteiger partial charge in [0.25, 0.3) is 0 Å². The highest BCUT2D eigenvalue weighted by molar-refractivity contribution is 6.17. The van der Waals surface area contributed by atoms with Gasteiger partial charge in [0.2, 0.25) is 0 Å². The monoisotopic (exact) mass is 498 g/mol. The summed E-state index contributed by atoms with van der Waals surface area (Å²) in [5.74, 6) is 1.83. The Bertz CT molecular complexity index is 311. The van der Waals surface area contributed by atoms with Crippen molar-refractivity contribution in [3.63, 3.8) is 0 Å². The third-order valence-corrected chi connectivity index (χ3v) is 8.20. The predicted octanol–water partition coefficient (Wildman–Crippen LogP) is 13.2. The SMILES string of the molecule is CCCCCCCCCCCCCCC(CCCCCl)CCCCCCCCCCCCCC.